The molecule has 0 bridgehead atoms. The second-order valence-electron chi connectivity index (χ2n) is 4.16. The molecule has 1 amide bonds. The molecule has 2 aromatic rings. The van der Waals surface area contributed by atoms with Crippen LogP contribution in [-0.2, 0) is 4.79 Å². The molecule has 0 saturated carbocycles. The lowest BCUT2D eigenvalue weighted by Gasteiger charge is -2.10. The van der Waals surface area contributed by atoms with E-state index in [9.17, 15) is 4.79 Å². The Morgan fingerprint density at radius 2 is 1.50 bits per heavy atom. The van der Waals surface area contributed by atoms with Crippen molar-refractivity contribution < 1.29 is 9.53 Å². The topological polar surface area (TPSA) is 38.3 Å². The zero-order valence-electron chi connectivity index (χ0n) is 10.8. The first kappa shape index (κ1) is 17.5. The van der Waals surface area contributed by atoms with E-state index in [2.05, 4.69) is 5.32 Å². The van der Waals surface area contributed by atoms with Crippen molar-refractivity contribution in [3.63, 3.8) is 0 Å². The van der Waals surface area contributed by atoms with Crippen LogP contribution in [0.4, 0.5) is 5.69 Å². The van der Waals surface area contributed by atoms with E-state index in [1.807, 2.05) is 0 Å². The van der Waals surface area contributed by atoms with Crippen LogP contribution in [-0.4, -0.2) is 12.5 Å². The van der Waals surface area contributed by atoms with Crippen LogP contribution < -0.4 is 10.1 Å². The molecule has 3 nitrogen and oxygen atoms in total. The third-order valence-corrected chi connectivity index (χ3v) is 4.29. The third kappa shape index (κ3) is 4.58. The first-order valence-electron chi connectivity index (χ1n) is 5.89. The highest BCUT2D eigenvalue weighted by Gasteiger charge is 2.10. The van der Waals surface area contributed by atoms with Crippen LogP contribution in [0.15, 0.2) is 30.3 Å². The number of hydrogen-bond acceptors (Lipinski definition) is 2. The van der Waals surface area contributed by atoms with Gasteiger partial charge in [-0.2, -0.15) is 0 Å². The van der Waals surface area contributed by atoms with Gasteiger partial charge in [0.25, 0.3) is 5.91 Å². The largest absolute Gasteiger partial charge is 0.482 e. The Labute approximate surface area is 152 Å². The average molecular weight is 399 g/mol. The van der Waals surface area contributed by atoms with Gasteiger partial charge in [-0.05, 0) is 24.3 Å². The van der Waals surface area contributed by atoms with E-state index in [0.29, 0.717) is 20.8 Å². The molecule has 0 aliphatic rings. The molecule has 0 fully saturated rings. The lowest BCUT2D eigenvalue weighted by Crippen LogP contribution is -2.20. The summed E-state index contributed by atoms with van der Waals surface area (Å²) in [5.74, 6) is -0.124. The van der Waals surface area contributed by atoms with Gasteiger partial charge in [-0.15, -0.1) is 0 Å². The van der Waals surface area contributed by atoms with Crippen molar-refractivity contribution in [2.45, 2.75) is 0 Å². The fourth-order valence-electron chi connectivity index (χ4n) is 1.53. The summed E-state index contributed by atoms with van der Waals surface area (Å²) in [7, 11) is 0. The number of halogens is 5. The predicted molar refractivity (Wildman–Crippen MR) is 92.1 cm³/mol. The Balaban J connectivity index is 1.98. The van der Waals surface area contributed by atoms with Crippen molar-refractivity contribution in [2.75, 3.05) is 11.9 Å². The zero-order valence-corrected chi connectivity index (χ0v) is 14.6. The molecule has 0 saturated heterocycles. The van der Waals surface area contributed by atoms with E-state index in [4.69, 9.17) is 62.7 Å². The molecule has 0 unspecified atom stereocenters. The molecule has 0 atom stereocenters. The predicted octanol–water partition coefficient (Wildman–Crippen LogP) is 5.97. The Bertz CT molecular complexity index is 721. The van der Waals surface area contributed by atoms with Gasteiger partial charge in [-0.25, -0.2) is 0 Å². The molecule has 1 N–H and O–H groups in total. The van der Waals surface area contributed by atoms with Crippen molar-refractivity contribution in [1.82, 2.24) is 0 Å². The molecule has 0 spiro atoms. The van der Waals surface area contributed by atoms with Crippen molar-refractivity contribution in [2.24, 2.45) is 0 Å². The maximum atomic E-state index is 11.8. The number of nitrogens with one attached hydrogen (secondary N) is 1. The number of ether oxygens (including phenoxy) is 1. The summed E-state index contributed by atoms with van der Waals surface area (Å²) in [6, 6.07) is 7.62. The minimum atomic E-state index is -0.388. The molecular weight excluding hydrogens is 391 g/mol. The fourth-order valence-corrected chi connectivity index (χ4v) is 2.42. The molecule has 22 heavy (non-hydrogen) atoms. The minimum absolute atomic E-state index is 0.252. The summed E-state index contributed by atoms with van der Waals surface area (Å²) >= 11 is 29.3. The second kappa shape index (κ2) is 7.62. The Kier molecular flexibility index (Phi) is 6.07. The van der Waals surface area contributed by atoms with Gasteiger partial charge in [0.15, 0.2) is 6.61 Å². The fraction of sp³-hybridized carbons (Fsp3) is 0.0714. The number of benzene rings is 2. The van der Waals surface area contributed by atoms with Gasteiger partial charge in [0.05, 0.1) is 25.1 Å². The highest BCUT2D eigenvalue weighted by Crippen LogP contribution is 2.33. The molecule has 0 heterocycles. The molecular formula is C14H8Cl5NO2. The van der Waals surface area contributed by atoms with Crippen molar-refractivity contribution >= 4 is 69.6 Å². The molecule has 0 aromatic heterocycles. The van der Waals surface area contributed by atoms with Crippen molar-refractivity contribution in [1.29, 1.82) is 0 Å². The van der Waals surface area contributed by atoms with Crippen molar-refractivity contribution in [3.8, 4) is 5.75 Å². The van der Waals surface area contributed by atoms with E-state index in [1.165, 1.54) is 18.2 Å². The normalized spacial score (nSPS) is 10.4. The monoisotopic (exact) mass is 397 g/mol. The van der Waals surface area contributed by atoms with Gasteiger partial charge in [0, 0.05) is 11.8 Å². The third-order valence-electron chi connectivity index (χ3n) is 2.54. The summed E-state index contributed by atoms with van der Waals surface area (Å²) in [5.41, 5.74) is 0.503. The standard InChI is InChI=1S/C14H8Cl5NO2/c15-8-2-1-7(3-9(8)16)20-14(21)6-22-13-5-11(18)10(17)4-12(13)19/h1-5H,6H2,(H,20,21). The highest BCUT2D eigenvalue weighted by atomic mass is 35.5. The first-order chi connectivity index (χ1) is 10.4. The molecule has 8 heteroatoms. The Morgan fingerprint density at radius 3 is 2.18 bits per heavy atom. The molecule has 0 aliphatic carbocycles. The van der Waals surface area contributed by atoms with Crippen LogP contribution in [0.1, 0.15) is 0 Å². The van der Waals surface area contributed by atoms with Crippen molar-refractivity contribution in [3.05, 3.63) is 55.4 Å². The summed E-state index contributed by atoms with van der Waals surface area (Å²) in [6.07, 6.45) is 0. The number of carbonyl (C=O) groups is 1. The van der Waals surface area contributed by atoms with E-state index in [0.717, 1.165) is 0 Å². The number of hydrogen-bond donors (Lipinski definition) is 1. The lowest BCUT2D eigenvalue weighted by molar-refractivity contribution is -0.118. The summed E-state index contributed by atoms with van der Waals surface area (Å²) in [6.45, 7) is -0.252. The zero-order chi connectivity index (χ0) is 16.3. The van der Waals surface area contributed by atoms with Gasteiger partial charge in [0.2, 0.25) is 0 Å². The van der Waals surface area contributed by atoms with Crippen LogP contribution in [0.3, 0.4) is 0 Å². The number of amides is 1. The lowest BCUT2D eigenvalue weighted by atomic mass is 10.3. The first-order valence-corrected chi connectivity index (χ1v) is 7.78. The van der Waals surface area contributed by atoms with Crippen LogP contribution in [0.25, 0.3) is 0 Å². The maximum absolute atomic E-state index is 11.8. The molecule has 0 radical (unpaired) electrons. The van der Waals surface area contributed by atoms with Gasteiger partial charge in [-0.1, -0.05) is 58.0 Å². The smallest absolute Gasteiger partial charge is 0.262 e. The molecule has 2 rings (SSSR count). The van der Waals surface area contributed by atoms with Gasteiger partial charge in [0.1, 0.15) is 5.75 Å². The van der Waals surface area contributed by atoms with Gasteiger partial charge >= 0.3 is 0 Å². The number of rotatable bonds is 4. The highest BCUT2D eigenvalue weighted by molar-refractivity contribution is 6.43. The second-order valence-corrected chi connectivity index (χ2v) is 6.20. The van der Waals surface area contributed by atoms with E-state index >= 15 is 0 Å². The molecule has 2 aromatic carbocycles. The summed E-state index contributed by atoms with van der Waals surface area (Å²) in [5, 5.41) is 4.21. The quantitative estimate of drug-likeness (QED) is 0.643. The summed E-state index contributed by atoms with van der Waals surface area (Å²) < 4.78 is 5.31. The van der Waals surface area contributed by atoms with Gasteiger partial charge in [-0.3, -0.25) is 4.79 Å². The van der Waals surface area contributed by atoms with E-state index in [-0.39, 0.29) is 28.3 Å². The summed E-state index contributed by atoms with van der Waals surface area (Å²) in [4.78, 5) is 11.8. The van der Waals surface area contributed by atoms with Crippen LogP contribution in [0, 0.1) is 0 Å². The van der Waals surface area contributed by atoms with Gasteiger partial charge < -0.3 is 10.1 Å². The van der Waals surface area contributed by atoms with Crippen LogP contribution >= 0.6 is 58.0 Å². The van der Waals surface area contributed by atoms with Crippen LogP contribution in [0.5, 0.6) is 5.75 Å². The van der Waals surface area contributed by atoms with Crippen LogP contribution in [0.2, 0.25) is 25.1 Å². The Morgan fingerprint density at radius 1 is 0.864 bits per heavy atom. The maximum Gasteiger partial charge on any atom is 0.262 e. The number of anilines is 1. The molecule has 116 valence electrons. The van der Waals surface area contributed by atoms with E-state index < -0.39 is 0 Å². The van der Waals surface area contributed by atoms with E-state index in [1.54, 1.807) is 12.1 Å². The molecule has 0 aliphatic heterocycles. The average Bonchev–Trinajstić information content (AvgIpc) is 2.45. The minimum Gasteiger partial charge on any atom is -0.482 e. The number of carbonyl (C=O) groups excluding carboxylic acids is 1. The SMILES string of the molecule is O=C(COc1cc(Cl)c(Cl)cc1Cl)Nc1ccc(Cl)c(Cl)c1. The Hall–Kier alpha value is -0.840.